The molecule has 0 saturated carbocycles. The van der Waals surface area contributed by atoms with E-state index < -0.39 is 6.04 Å². The molecular weight excluding hydrogens is 432 g/mol. The maximum Gasteiger partial charge on any atom is 0.255 e. The number of rotatable bonds is 6. The van der Waals surface area contributed by atoms with Gasteiger partial charge in [-0.05, 0) is 66.9 Å². The van der Waals surface area contributed by atoms with Gasteiger partial charge in [0.2, 0.25) is 5.91 Å². The predicted molar refractivity (Wildman–Crippen MR) is 131 cm³/mol. The zero-order valence-electron chi connectivity index (χ0n) is 20.0. The number of carbonyl (C=O) groups excluding carboxylic acids is 2. The number of hydrogen-bond acceptors (Lipinski definition) is 5. The van der Waals surface area contributed by atoms with E-state index in [1.165, 1.54) is 12.0 Å². The fourth-order valence-electron chi connectivity index (χ4n) is 4.15. The molecule has 2 amide bonds. The second-order valence-corrected chi connectivity index (χ2v) is 8.17. The van der Waals surface area contributed by atoms with Crippen LogP contribution in [0.25, 0.3) is 0 Å². The Morgan fingerprint density at radius 3 is 2.06 bits per heavy atom. The van der Waals surface area contributed by atoms with Crippen LogP contribution in [0.3, 0.4) is 0 Å². The third kappa shape index (κ3) is 4.17. The molecule has 1 saturated heterocycles. The first-order chi connectivity index (χ1) is 16.4. The van der Waals surface area contributed by atoms with Crippen LogP contribution in [0.2, 0.25) is 0 Å². The highest BCUT2D eigenvalue weighted by atomic mass is 16.5. The average Bonchev–Trinajstić information content (AvgIpc) is 2.86. The summed E-state index contributed by atoms with van der Waals surface area (Å²) in [6.45, 7) is 3.88. The fraction of sp³-hybridized carbons (Fsp3) is 0.259. The fourth-order valence-corrected chi connectivity index (χ4v) is 4.15. The van der Waals surface area contributed by atoms with Crippen molar-refractivity contribution >= 4 is 23.2 Å². The molecule has 1 aliphatic rings. The third-order valence-corrected chi connectivity index (χ3v) is 6.20. The summed E-state index contributed by atoms with van der Waals surface area (Å²) in [7, 11) is 4.67. The first kappa shape index (κ1) is 23.2. The molecule has 1 aliphatic heterocycles. The average molecular weight is 461 g/mol. The van der Waals surface area contributed by atoms with Gasteiger partial charge in [-0.2, -0.15) is 0 Å². The van der Waals surface area contributed by atoms with E-state index in [1.807, 2.05) is 44.2 Å². The first-order valence-corrected chi connectivity index (χ1v) is 10.9. The lowest BCUT2D eigenvalue weighted by atomic mass is 9.98. The van der Waals surface area contributed by atoms with Gasteiger partial charge in [-0.15, -0.1) is 0 Å². The van der Waals surface area contributed by atoms with Gasteiger partial charge in [-0.1, -0.05) is 18.2 Å². The van der Waals surface area contributed by atoms with Gasteiger partial charge in [0.25, 0.3) is 5.91 Å². The monoisotopic (exact) mass is 460 g/mol. The number of ether oxygens (including phenoxy) is 3. The predicted octanol–water partition coefficient (Wildman–Crippen LogP) is 4.45. The second kappa shape index (κ2) is 9.47. The Labute approximate surface area is 199 Å². The minimum Gasteiger partial charge on any atom is -0.497 e. The normalized spacial score (nSPS) is 16.0. The van der Waals surface area contributed by atoms with Gasteiger partial charge in [0.1, 0.15) is 29.8 Å². The van der Waals surface area contributed by atoms with E-state index in [2.05, 4.69) is 0 Å². The SMILES string of the molecule is COc1ccc([C@@H]2C(=O)N(c3cc(OC)ccc3OC)CC(=O)N2c2ccc(C)c(C)c2)cc1. The van der Waals surface area contributed by atoms with E-state index in [0.29, 0.717) is 34.2 Å². The van der Waals surface area contributed by atoms with Crippen LogP contribution in [-0.4, -0.2) is 39.7 Å². The molecule has 3 aromatic rings. The van der Waals surface area contributed by atoms with Gasteiger partial charge in [-0.3, -0.25) is 19.4 Å². The highest BCUT2D eigenvalue weighted by molar-refractivity contribution is 6.15. The van der Waals surface area contributed by atoms with Crippen LogP contribution >= 0.6 is 0 Å². The summed E-state index contributed by atoms with van der Waals surface area (Å²) in [6, 6.07) is 17.3. The molecule has 4 rings (SSSR count). The highest BCUT2D eigenvalue weighted by Gasteiger charge is 2.42. The molecule has 0 aliphatic carbocycles. The minimum atomic E-state index is -0.856. The molecule has 1 heterocycles. The molecule has 0 N–H and O–H groups in total. The van der Waals surface area contributed by atoms with Gasteiger partial charge < -0.3 is 14.2 Å². The molecule has 1 fully saturated rings. The minimum absolute atomic E-state index is 0.123. The summed E-state index contributed by atoms with van der Waals surface area (Å²) in [6.07, 6.45) is 0. The lowest BCUT2D eigenvalue weighted by Gasteiger charge is -2.41. The molecule has 1 atom stereocenters. The van der Waals surface area contributed by atoms with Gasteiger partial charge in [0.05, 0.1) is 27.0 Å². The second-order valence-electron chi connectivity index (χ2n) is 8.17. The molecule has 7 nitrogen and oxygen atoms in total. The van der Waals surface area contributed by atoms with Gasteiger partial charge in [-0.25, -0.2) is 0 Å². The van der Waals surface area contributed by atoms with E-state index >= 15 is 0 Å². The van der Waals surface area contributed by atoms with Crippen molar-refractivity contribution in [2.45, 2.75) is 19.9 Å². The number of amides is 2. The number of aryl methyl sites for hydroxylation is 2. The van der Waals surface area contributed by atoms with Crippen molar-refractivity contribution in [2.24, 2.45) is 0 Å². The largest absolute Gasteiger partial charge is 0.497 e. The summed E-state index contributed by atoms with van der Waals surface area (Å²) >= 11 is 0. The number of carbonyl (C=O) groups is 2. The summed E-state index contributed by atoms with van der Waals surface area (Å²) in [4.78, 5) is 30.7. The Hall–Kier alpha value is -4.00. The molecule has 0 aromatic heterocycles. The van der Waals surface area contributed by atoms with Gasteiger partial charge >= 0.3 is 0 Å². The van der Waals surface area contributed by atoms with Crippen molar-refractivity contribution in [2.75, 3.05) is 37.7 Å². The molecule has 176 valence electrons. The van der Waals surface area contributed by atoms with Crippen molar-refractivity contribution in [1.82, 2.24) is 0 Å². The maximum absolute atomic E-state index is 14.0. The van der Waals surface area contributed by atoms with Crippen molar-refractivity contribution in [1.29, 1.82) is 0 Å². The van der Waals surface area contributed by atoms with Crippen LogP contribution in [0.1, 0.15) is 22.7 Å². The molecule has 3 aromatic carbocycles. The molecular formula is C27H28N2O5. The number of piperazine rings is 1. The standard InChI is InChI=1S/C27H28N2O5/c1-17-6-9-20(14-18(17)2)29-25(30)16-28(23-15-22(33-4)12-13-24(23)34-5)27(31)26(29)19-7-10-21(32-3)11-8-19/h6-15,26H,16H2,1-5H3/t26-/m1/s1. The third-order valence-electron chi connectivity index (χ3n) is 6.20. The van der Waals surface area contributed by atoms with Crippen LogP contribution in [0.4, 0.5) is 11.4 Å². The molecule has 34 heavy (non-hydrogen) atoms. The molecule has 0 spiro atoms. The Kier molecular flexibility index (Phi) is 6.45. The van der Waals surface area contributed by atoms with E-state index in [4.69, 9.17) is 14.2 Å². The topological polar surface area (TPSA) is 68.3 Å². The zero-order valence-corrected chi connectivity index (χ0v) is 20.0. The zero-order chi connectivity index (χ0) is 24.4. The van der Waals surface area contributed by atoms with Crippen LogP contribution < -0.4 is 24.0 Å². The summed E-state index contributed by atoms with van der Waals surface area (Å²) in [5.74, 6) is 1.27. The number of methoxy groups -OCH3 is 3. The van der Waals surface area contributed by atoms with Crippen LogP contribution in [-0.2, 0) is 9.59 Å². The van der Waals surface area contributed by atoms with Crippen LogP contribution in [0.5, 0.6) is 17.2 Å². The number of benzene rings is 3. The van der Waals surface area contributed by atoms with E-state index in [1.54, 1.807) is 49.5 Å². The van der Waals surface area contributed by atoms with E-state index in [-0.39, 0.29) is 18.4 Å². The first-order valence-electron chi connectivity index (χ1n) is 10.9. The number of nitrogens with zero attached hydrogens (tertiary/aromatic N) is 2. The summed E-state index contributed by atoms with van der Waals surface area (Å²) in [5.41, 5.74) is 4.01. The van der Waals surface area contributed by atoms with E-state index in [9.17, 15) is 9.59 Å². The Balaban J connectivity index is 1.85. The number of anilines is 2. The van der Waals surface area contributed by atoms with E-state index in [0.717, 1.165) is 11.1 Å². The van der Waals surface area contributed by atoms with Gasteiger partial charge in [0, 0.05) is 11.8 Å². The smallest absolute Gasteiger partial charge is 0.255 e. The van der Waals surface area contributed by atoms with Crippen LogP contribution in [0.15, 0.2) is 60.7 Å². The molecule has 0 bridgehead atoms. The quantitative estimate of drug-likeness (QED) is 0.544. The molecule has 0 unspecified atom stereocenters. The number of hydrogen-bond donors (Lipinski definition) is 0. The Bertz CT molecular complexity index is 1220. The van der Waals surface area contributed by atoms with Crippen molar-refractivity contribution < 1.29 is 23.8 Å². The van der Waals surface area contributed by atoms with Crippen molar-refractivity contribution in [3.05, 3.63) is 77.4 Å². The highest BCUT2D eigenvalue weighted by Crippen LogP contribution is 2.39. The van der Waals surface area contributed by atoms with Gasteiger partial charge in [0.15, 0.2) is 0 Å². The lowest BCUT2D eigenvalue weighted by molar-refractivity contribution is -0.128. The van der Waals surface area contributed by atoms with Crippen molar-refractivity contribution in [3.8, 4) is 17.2 Å². The lowest BCUT2D eigenvalue weighted by Crippen LogP contribution is -2.56. The molecule has 0 radical (unpaired) electrons. The Morgan fingerprint density at radius 2 is 1.44 bits per heavy atom. The molecule has 7 heteroatoms. The maximum atomic E-state index is 14.0. The van der Waals surface area contributed by atoms with Crippen LogP contribution in [0, 0.1) is 13.8 Å². The van der Waals surface area contributed by atoms with Crippen molar-refractivity contribution in [3.63, 3.8) is 0 Å². The summed E-state index contributed by atoms with van der Waals surface area (Å²) in [5, 5.41) is 0. The summed E-state index contributed by atoms with van der Waals surface area (Å²) < 4.78 is 16.1. The Morgan fingerprint density at radius 1 is 0.765 bits per heavy atom.